The summed E-state index contributed by atoms with van der Waals surface area (Å²) in [7, 11) is -5.39. The molecule has 0 spiro atoms. The fraction of sp³-hybridized carbons (Fsp3) is 0.136. The molecule has 24 heteroatoms. The molecule has 0 amide bonds. The van der Waals surface area contributed by atoms with Gasteiger partial charge in [0.05, 0.1) is 54.6 Å². The van der Waals surface area contributed by atoms with Gasteiger partial charge in [-0.3, -0.25) is 0 Å². The molecule has 24 aromatic rings. The second-order valence-corrected chi connectivity index (χ2v) is 58.9. The van der Waals surface area contributed by atoms with Gasteiger partial charge in [0.2, 0.25) is 11.4 Å². The summed E-state index contributed by atoms with van der Waals surface area (Å²) in [5.41, 5.74) is 22.8. The first-order valence-electron chi connectivity index (χ1n) is 52.0. The van der Waals surface area contributed by atoms with Gasteiger partial charge < -0.3 is 67.5 Å². The maximum atomic E-state index is 7.23. The van der Waals surface area contributed by atoms with Crippen LogP contribution in [0.5, 0.6) is 0 Å². The van der Waals surface area contributed by atoms with Crippen molar-refractivity contribution in [1.29, 1.82) is 0 Å². The number of furan rings is 4. The summed E-state index contributed by atoms with van der Waals surface area (Å²) in [6.45, 7) is 25.5. The quantitative estimate of drug-likeness (QED) is 0.0823. The smallest absolute Gasteiger partial charge is 0.216 e. The van der Waals surface area contributed by atoms with Crippen LogP contribution in [0, 0.1) is 83.2 Å². The van der Waals surface area contributed by atoms with E-state index in [9.17, 15) is 0 Å². The zero-order chi connectivity index (χ0) is 109. The molecule has 0 saturated carbocycles. The second kappa shape index (κ2) is 51.0. The van der Waals surface area contributed by atoms with Crippen molar-refractivity contribution >= 4 is 141 Å². The Morgan fingerprint density at radius 1 is 0.235 bits per heavy atom. The predicted molar refractivity (Wildman–Crippen MR) is 604 cm³/mol. The first-order valence-corrected chi connectivity index (χ1v) is 61.5. The fourth-order valence-electron chi connectivity index (χ4n) is 15.6. The first-order chi connectivity index (χ1) is 73.6. The van der Waals surface area contributed by atoms with Gasteiger partial charge in [0.15, 0.2) is 0 Å². The van der Waals surface area contributed by atoms with Gasteiger partial charge in [-0.25, -0.2) is 9.97 Å². The Morgan fingerprint density at radius 3 is 0.899 bits per heavy atom. The number of nitrogens with zero attached hydrogens (tertiary/aromatic N) is 12. The Labute approximate surface area is 942 Å². The number of hydrogen-bond acceptors (Lipinski definition) is 16. The van der Waals surface area contributed by atoms with Crippen molar-refractivity contribution in [3.63, 3.8) is 0 Å². The minimum absolute atomic E-state index is 0. The molecule has 0 aliphatic rings. The SMILES string of the molecule is C[Si](C)(C)c1ccc(-c2[c-]ccc3c2oc2ccccc23)nc1.C[Si](C)(C)c1ccc(-c2[c-]ccc3c2oc2ncccc23)nc1.C[Si](C)(C)c1ccc(-c2[c-]ncc3c2oc2ccccc23)nc1.Cc1ccc(-c2[c-]cccc2)nc1.Cc1ccc2c(n1)oc1c(-c3ccc([Si](C)(C)C)cn3)[c-]ncc12.[2H]C([2H])([2H])c1ccc(-c2[c-]cccc2)nc1.[2H]C([2H])([2H])c1ccc(-c2[c-]cccc2)nc1.[2H]C([2H])([2H])c1ccc(-c2[c-]cccc2)nc1.[Ir].[Ir].[Ir].[Ir]. The monoisotopic (exact) mass is 2740 g/mol. The van der Waals surface area contributed by atoms with Gasteiger partial charge in [-0.05, 0) is 195 Å². The zero-order valence-corrected chi connectivity index (χ0v) is 98.0. The molecule has 0 saturated heterocycles. The molecule has 24 rings (SSSR count). The van der Waals surface area contributed by atoms with Crippen molar-refractivity contribution < 1.29 is 110 Å². The summed E-state index contributed by atoms with van der Waals surface area (Å²) in [4.78, 5) is 52.6. The fourth-order valence-corrected chi connectivity index (χ4v) is 19.8. The van der Waals surface area contributed by atoms with Crippen molar-refractivity contribution in [3.05, 3.63) is 436 Å². The van der Waals surface area contributed by atoms with E-state index >= 15 is 0 Å². The van der Waals surface area contributed by atoms with Crippen molar-refractivity contribution in [2.75, 3.05) is 0 Å². The first kappa shape index (κ1) is 99.8. The molecule has 0 aliphatic heterocycles. The Kier molecular flexibility index (Phi) is 34.1. The second-order valence-electron chi connectivity index (χ2n) is 38.6. The van der Waals surface area contributed by atoms with E-state index < -0.39 is 52.9 Å². The standard InChI is InChI=1S/C20H18NOSi.C19H18N3OSi.2C19H17N2OSi.4C12H10N.4Ir/c1-23(2,3)14-11-12-18(21-13-14)17-9-6-8-16-15-7-4-5-10-19(15)22-20(16)17;1-12-5-7-14-15-10-20-11-16(18(15)23-19(14)22-12)17-8-6-13(9-21-17)24(2,3)4;1-23(2,3)13-9-10-17(21-12-13)16-7-4-6-14-15-8-5-11-20-19(15)22-18(14)16;1-23(2,3)13-8-9-17(21-10-13)16-12-20-11-15-14-6-4-5-7-18(14)22-19(15)16;4*1-10-7-8-12(13-9-10)11-5-3-2-4-6-11;;;;/h4-8,10-13H,1-3H3;5-10H,1-4H3;4-6,8-12H,1-3H3;4-11H,1-3H3;4*2-5,7-9H,1H3;;;;/q8*-1;;;;/i;;;;3*1D3;;;;;. The van der Waals surface area contributed by atoms with Crippen LogP contribution in [0.25, 0.3) is 178 Å². The van der Waals surface area contributed by atoms with E-state index in [1.165, 1.54) is 44.9 Å². The van der Waals surface area contributed by atoms with E-state index in [1.54, 1.807) is 73.2 Å². The van der Waals surface area contributed by atoms with E-state index in [4.69, 9.17) is 30.0 Å². The number of benzene rings is 8. The summed E-state index contributed by atoms with van der Waals surface area (Å²) in [5.74, 6) is 0. The van der Waals surface area contributed by atoms with Gasteiger partial charge in [0, 0.05) is 176 Å². The Balaban J connectivity index is 0.000000150. The largest absolute Gasteiger partial charge is 0.501 e. The molecule has 0 fully saturated rings. The molecule has 0 aliphatic carbocycles. The molecule has 0 bridgehead atoms. The molecular formula is C125H110Ir4N12O4Si4-8. The van der Waals surface area contributed by atoms with Gasteiger partial charge in [-0.2, -0.15) is 0 Å². The van der Waals surface area contributed by atoms with Crippen molar-refractivity contribution in [1.82, 2.24) is 59.8 Å². The molecule has 16 heterocycles. The number of aromatic nitrogens is 12. The summed E-state index contributed by atoms with van der Waals surface area (Å²) in [6.07, 6.45) is 25.4. The third-order valence-electron chi connectivity index (χ3n) is 23.8. The average Bonchev–Trinajstić information content (AvgIpc) is 1.62. The predicted octanol–water partition coefficient (Wildman–Crippen LogP) is 29.3. The van der Waals surface area contributed by atoms with Gasteiger partial charge in [-0.15, -0.1) is 180 Å². The number of fused-ring (bicyclic) bond motifs is 12. The third kappa shape index (κ3) is 28.2. The number of aryl methyl sites for hydroxylation is 5. The summed E-state index contributed by atoms with van der Waals surface area (Å²) in [6, 6.07) is 112. The van der Waals surface area contributed by atoms with Crippen molar-refractivity contribution in [2.45, 2.75) is 113 Å². The van der Waals surface area contributed by atoms with E-state index in [0.29, 0.717) is 11.4 Å². The van der Waals surface area contributed by atoms with Crippen molar-refractivity contribution in [3.8, 4) is 90.1 Å². The maximum Gasteiger partial charge on any atom is 0.216 e. The van der Waals surface area contributed by atoms with Crippen LogP contribution in [0.2, 0.25) is 78.6 Å². The molecule has 0 atom stereocenters. The Hall–Kier alpha value is -13.8. The average molecular weight is 2730 g/mol. The molecule has 149 heavy (non-hydrogen) atoms. The van der Waals surface area contributed by atoms with Crippen LogP contribution in [0.4, 0.5) is 0 Å². The summed E-state index contributed by atoms with van der Waals surface area (Å²) in [5, 5.41) is 13.7. The maximum absolute atomic E-state index is 7.23. The van der Waals surface area contributed by atoms with Crippen LogP contribution in [-0.4, -0.2) is 92.1 Å². The number of hydrogen-bond donors (Lipinski definition) is 0. The molecule has 754 valence electrons. The number of pyridine rings is 12. The van der Waals surface area contributed by atoms with Gasteiger partial charge in [0.1, 0.15) is 11.2 Å². The molecule has 16 aromatic heterocycles. The molecular weight excluding hydrogens is 2610 g/mol. The van der Waals surface area contributed by atoms with Crippen LogP contribution < -0.4 is 20.7 Å². The van der Waals surface area contributed by atoms with Crippen molar-refractivity contribution in [2.24, 2.45) is 0 Å². The van der Waals surface area contributed by atoms with Crippen LogP contribution >= 0.6 is 0 Å². The minimum Gasteiger partial charge on any atom is -0.501 e. The van der Waals surface area contributed by atoms with Gasteiger partial charge in [-0.1, -0.05) is 245 Å². The normalized spacial score (nSPS) is 12.2. The van der Waals surface area contributed by atoms with E-state index in [2.05, 4.69) is 242 Å². The zero-order valence-electron chi connectivity index (χ0n) is 93.4. The van der Waals surface area contributed by atoms with E-state index in [-0.39, 0.29) is 97.1 Å². The molecule has 8 aromatic carbocycles. The van der Waals surface area contributed by atoms with E-state index in [0.717, 1.165) is 172 Å². The molecule has 0 unspecified atom stereocenters. The molecule has 16 nitrogen and oxygen atoms in total. The number of para-hydroxylation sites is 2. The van der Waals surface area contributed by atoms with Crippen LogP contribution in [0.3, 0.4) is 0 Å². The number of rotatable bonds is 12. The van der Waals surface area contributed by atoms with Crippen LogP contribution in [0.15, 0.2) is 377 Å². The van der Waals surface area contributed by atoms with Gasteiger partial charge in [0.25, 0.3) is 0 Å². The summed E-state index contributed by atoms with van der Waals surface area (Å²) < 4.78 is 89.2. The topological polar surface area (TPSA) is 207 Å². The van der Waals surface area contributed by atoms with Gasteiger partial charge >= 0.3 is 0 Å². The minimum atomic E-state index is -2.09. The Bertz CT molecular complexity index is 8250. The Morgan fingerprint density at radius 2 is 0.544 bits per heavy atom. The molecule has 4 radical (unpaired) electrons. The third-order valence-corrected chi connectivity index (χ3v) is 31.9. The summed E-state index contributed by atoms with van der Waals surface area (Å²) >= 11 is 0. The van der Waals surface area contributed by atoms with Crippen LogP contribution in [0.1, 0.15) is 40.3 Å². The van der Waals surface area contributed by atoms with E-state index in [1.807, 2.05) is 227 Å². The molecule has 0 N–H and O–H groups in total. The van der Waals surface area contributed by atoms with Crippen LogP contribution in [-0.2, 0) is 80.4 Å².